The van der Waals surface area contributed by atoms with Crippen LogP contribution in [0, 0.1) is 0 Å². The van der Waals surface area contributed by atoms with Gasteiger partial charge in [-0.1, -0.05) is 11.6 Å². The number of halogens is 1. The monoisotopic (exact) mass is 294 g/mol. The van der Waals surface area contributed by atoms with E-state index in [9.17, 15) is 9.59 Å². The van der Waals surface area contributed by atoms with Crippen molar-refractivity contribution in [3.05, 3.63) is 41.7 Å². The first-order valence-electron chi connectivity index (χ1n) is 5.61. The van der Waals surface area contributed by atoms with Crippen LogP contribution in [-0.2, 0) is 11.3 Å². The predicted molar refractivity (Wildman–Crippen MR) is 74.0 cm³/mol. The zero-order valence-electron chi connectivity index (χ0n) is 10.2. The van der Waals surface area contributed by atoms with E-state index in [1.54, 1.807) is 24.3 Å². The van der Waals surface area contributed by atoms with Crippen LogP contribution in [0.2, 0.25) is 5.02 Å². The highest BCUT2D eigenvalue weighted by Crippen LogP contribution is 2.14. The van der Waals surface area contributed by atoms with E-state index in [4.69, 9.17) is 16.7 Å². The van der Waals surface area contributed by atoms with Crippen LogP contribution in [-0.4, -0.2) is 26.9 Å². The molecule has 0 saturated carbocycles. The third-order valence-electron chi connectivity index (χ3n) is 2.29. The Balaban J connectivity index is 1.92. The number of carbonyl (C=O) groups excluding carboxylic acids is 1. The van der Waals surface area contributed by atoms with Crippen molar-refractivity contribution in [3.63, 3.8) is 0 Å². The van der Waals surface area contributed by atoms with Gasteiger partial charge in [-0.15, -0.1) is 0 Å². The molecule has 0 spiro atoms. The molecule has 1 heterocycles. The highest BCUT2D eigenvalue weighted by molar-refractivity contribution is 6.30. The van der Waals surface area contributed by atoms with Gasteiger partial charge in [0.25, 0.3) is 0 Å². The van der Waals surface area contributed by atoms with Crippen molar-refractivity contribution in [2.24, 2.45) is 0 Å². The van der Waals surface area contributed by atoms with Gasteiger partial charge in [-0.3, -0.25) is 9.48 Å². The zero-order valence-corrected chi connectivity index (χ0v) is 11.0. The van der Waals surface area contributed by atoms with E-state index in [2.05, 4.69) is 15.7 Å². The van der Waals surface area contributed by atoms with Crippen molar-refractivity contribution in [3.8, 4) is 0 Å². The van der Waals surface area contributed by atoms with Gasteiger partial charge in [-0.05, 0) is 24.3 Å². The van der Waals surface area contributed by atoms with Crippen LogP contribution in [0.3, 0.4) is 0 Å². The Kier molecular flexibility index (Phi) is 4.21. The number of aromatic nitrogens is 2. The third-order valence-corrected chi connectivity index (χ3v) is 2.54. The number of carboxylic acids is 1. The molecule has 104 valence electrons. The van der Waals surface area contributed by atoms with Gasteiger partial charge in [0.2, 0.25) is 0 Å². The normalized spacial score (nSPS) is 10.1. The first kappa shape index (κ1) is 13.9. The molecule has 7 nitrogen and oxygen atoms in total. The Bertz CT molecular complexity index is 624. The molecule has 0 fully saturated rings. The highest BCUT2D eigenvalue weighted by atomic mass is 35.5. The summed E-state index contributed by atoms with van der Waals surface area (Å²) in [4.78, 5) is 22.2. The van der Waals surface area contributed by atoms with Gasteiger partial charge < -0.3 is 15.7 Å². The highest BCUT2D eigenvalue weighted by Gasteiger charge is 2.06. The largest absolute Gasteiger partial charge is 0.480 e. The second-order valence-corrected chi connectivity index (χ2v) is 4.34. The standard InChI is InChI=1S/C12H11ClN4O3/c13-8-1-3-9(4-2-8)15-12(20)16-10-5-14-17(6-10)7-11(18)19/h1-6H,7H2,(H,18,19)(H2,15,16,20). The Morgan fingerprint density at radius 3 is 2.50 bits per heavy atom. The summed E-state index contributed by atoms with van der Waals surface area (Å²) in [5.41, 5.74) is 0.988. The molecule has 2 rings (SSSR count). The summed E-state index contributed by atoms with van der Waals surface area (Å²) in [5.74, 6) is -1.01. The van der Waals surface area contributed by atoms with Gasteiger partial charge in [0.1, 0.15) is 6.54 Å². The molecule has 0 unspecified atom stereocenters. The Labute approximate surface area is 119 Å². The smallest absolute Gasteiger partial charge is 0.325 e. The number of urea groups is 1. The Hall–Kier alpha value is -2.54. The van der Waals surface area contributed by atoms with E-state index >= 15 is 0 Å². The Morgan fingerprint density at radius 1 is 1.20 bits per heavy atom. The SMILES string of the molecule is O=C(O)Cn1cc(NC(=O)Nc2ccc(Cl)cc2)cn1. The number of hydrogen-bond acceptors (Lipinski definition) is 3. The van der Waals surface area contributed by atoms with E-state index < -0.39 is 12.0 Å². The molecule has 2 aromatic rings. The summed E-state index contributed by atoms with van der Waals surface area (Å²) in [5, 5.41) is 18.1. The molecule has 8 heteroatoms. The summed E-state index contributed by atoms with van der Waals surface area (Å²) in [6.45, 7) is -0.263. The summed E-state index contributed by atoms with van der Waals surface area (Å²) in [6.07, 6.45) is 2.79. The topological polar surface area (TPSA) is 96.2 Å². The maximum absolute atomic E-state index is 11.7. The average Bonchev–Trinajstić information content (AvgIpc) is 2.78. The average molecular weight is 295 g/mol. The minimum Gasteiger partial charge on any atom is -0.480 e. The summed E-state index contributed by atoms with van der Waals surface area (Å²) in [7, 11) is 0. The third kappa shape index (κ3) is 3.99. The van der Waals surface area contributed by atoms with Crippen LogP contribution >= 0.6 is 11.6 Å². The van der Waals surface area contributed by atoms with Crippen molar-refractivity contribution < 1.29 is 14.7 Å². The number of aliphatic carboxylic acids is 1. The van der Waals surface area contributed by atoms with Crippen LogP contribution in [0.4, 0.5) is 16.2 Å². The van der Waals surface area contributed by atoms with Crippen LogP contribution in [0.25, 0.3) is 0 Å². The van der Waals surface area contributed by atoms with Gasteiger partial charge in [0, 0.05) is 16.9 Å². The molecular formula is C12H11ClN4O3. The second-order valence-electron chi connectivity index (χ2n) is 3.91. The van der Waals surface area contributed by atoms with Crippen LogP contribution in [0.15, 0.2) is 36.7 Å². The number of rotatable bonds is 4. The van der Waals surface area contributed by atoms with Crippen LogP contribution < -0.4 is 10.6 Å². The number of hydrogen-bond donors (Lipinski definition) is 3. The minimum atomic E-state index is -1.01. The van der Waals surface area contributed by atoms with Crippen molar-refractivity contribution in [2.45, 2.75) is 6.54 Å². The van der Waals surface area contributed by atoms with Crippen molar-refractivity contribution in [1.82, 2.24) is 9.78 Å². The number of benzene rings is 1. The lowest BCUT2D eigenvalue weighted by atomic mass is 10.3. The van der Waals surface area contributed by atoms with Crippen LogP contribution in [0.5, 0.6) is 0 Å². The van der Waals surface area contributed by atoms with Crippen LogP contribution in [0.1, 0.15) is 0 Å². The van der Waals surface area contributed by atoms with Gasteiger partial charge >= 0.3 is 12.0 Å². The number of amides is 2. The fraction of sp³-hybridized carbons (Fsp3) is 0.0833. The molecule has 1 aromatic heterocycles. The van der Waals surface area contributed by atoms with Crippen molar-refractivity contribution in [2.75, 3.05) is 10.6 Å². The van der Waals surface area contributed by atoms with Crippen molar-refractivity contribution >= 4 is 35.0 Å². The molecule has 0 saturated heterocycles. The van der Waals surface area contributed by atoms with E-state index in [0.717, 1.165) is 0 Å². The van der Waals surface area contributed by atoms with E-state index in [0.29, 0.717) is 16.4 Å². The zero-order chi connectivity index (χ0) is 14.5. The number of nitrogens with zero attached hydrogens (tertiary/aromatic N) is 2. The molecule has 0 radical (unpaired) electrons. The molecule has 0 bridgehead atoms. The maximum Gasteiger partial charge on any atom is 0.325 e. The fourth-order valence-corrected chi connectivity index (χ4v) is 1.61. The first-order chi connectivity index (χ1) is 9.52. The summed E-state index contributed by atoms with van der Waals surface area (Å²) in [6, 6.07) is 6.18. The van der Waals surface area contributed by atoms with E-state index in [1.807, 2.05) is 0 Å². The predicted octanol–water partition coefficient (Wildman–Crippen LogP) is 2.27. The molecule has 0 aliphatic carbocycles. The number of carbonyl (C=O) groups is 2. The quantitative estimate of drug-likeness (QED) is 0.806. The van der Waals surface area contributed by atoms with Gasteiger partial charge in [-0.25, -0.2) is 4.79 Å². The molecule has 3 N–H and O–H groups in total. The lowest BCUT2D eigenvalue weighted by molar-refractivity contribution is -0.137. The molecule has 0 aliphatic heterocycles. The molecule has 1 aromatic carbocycles. The summed E-state index contributed by atoms with van der Waals surface area (Å²) < 4.78 is 1.21. The van der Waals surface area contributed by atoms with Crippen molar-refractivity contribution in [1.29, 1.82) is 0 Å². The molecule has 2 amide bonds. The van der Waals surface area contributed by atoms with Gasteiger partial charge in [0.15, 0.2) is 0 Å². The number of nitrogens with one attached hydrogen (secondary N) is 2. The first-order valence-corrected chi connectivity index (χ1v) is 5.98. The molecule has 20 heavy (non-hydrogen) atoms. The number of carboxylic acid groups (broad SMARTS) is 1. The molecular weight excluding hydrogens is 284 g/mol. The molecule has 0 aliphatic rings. The minimum absolute atomic E-state index is 0.263. The molecule has 0 atom stereocenters. The Morgan fingerprint density at radius 2 is 1.85 bits per heavy atom. The summed E-state index contributed by atoms with van der Waals surface area (Å²) >= 11 is 5.73. The van der Waals surface area contributed by atoms with Gasteiger partial charge in [0.05, 0.1) is 11.9 Å². The second kappa shape index (κ2) is 6.07. The lowest BCUT2D eigenvalue weighted by Gasteiger charge is -2.05. The fourth-order valence-electron chi connectivity index (χ4n) is 1.48. The van der Waals surface area contributed by atoms with Gasteiger partial charge in [-0.2, -0.15) is 5.10 Å². The number of anilines is 2. The van der Waals surface area contributed by atoms with E-state index in [1.165, 1.54) is 17.1 Å². The maximum atomic E-state index is 11.7. The lowest BCUT2D eigenvalue weighted by Crippen LogP contribution is -2.19. The van der Waals surface area contributed by atoms with E-state index in [-0.39, 0.29) is 6.54 Å².